The van der Waals surface area contributed by atoms with Gasteiger partial charge in [0.1, 0.15) is 0 Å². The first-order valence-electron chi connectivity index (χ1n) is 8.41. The molecule has 112 valence electrons. The molecule has 1 unspecified atom stereocenters. The van der Waals surface area contributed by atoms with Gasteiger partial charge in [0.25, 0.3) is 0 Å². The fraction of sp³-hybridized carbons (Fsp3) is 0.600. The van der Waals surface area contributed by atoms with E-state index in [1.807, 2.05) is 0 Å². The summed E-state index contributed by atoms with van der Waals surface area (Å²) in [6.45, 7) is 9.39. The molecule has 0 saturated heterocycles. The smallest absolute Gasteiger partial charge is 0.00297 e. The van der Waals surface area contributed by atoms with Gasteiger partial charge in [0.05, 0.1) is 0 Å². The normalized spacial score (nSPS) is 21.3. The maximum Gasteiger partial charge on any atom is 0.00297 e. The van der Waals surface area contributed by atoms with Crippen molar-refractivity contribution < 1.29 is 25.8 Å². The molecule has 0 aliphatic heterocycles. The average Bonchev–Trinajstić information content (AvgIpc) is 2.97. The molecule has 21 heavy (non-hydrogen) atoms. The van der Waals surface area contributed by atoms with Crippen molar-refractivity contribution in [3.8, 4) is 0 Å². The molecule has 0 saturated carbocycles. The third-order valence-electron chi connectivity index (χ3n) is 5.67. The summed E-state index contributed by atoms with van der Waals surface area (Å²) in [4.78, 5) is 0. The zero-order valence-corrected chi connectivity index (χ0v) is 17.6. The zero-order chi connectivity index (χ0) is 14.3. The van der Waals surface area contributed by atoms with E-state index in [4.69, 9.17) is 0 Å². The van der Waals surface area contributed by atoms with Gasteiger partial charge in [-0.3, -0.25) is 0 Å². The van der Waals surface area contributed by atoms with Crippen LogP contribution in [0.2, 0.25) is 0 Å². The Morgan fingerprint density at radius 3 is 2.29 bits per heavy atom. The molecule has 0 spiro atoms. The minimum absolute atomic E-state index is 0. The van der Waals surface area contributed by atoms with E-state index >= 15 is 0 Å². The van der Waals surface area contributed by atoms with Crippen molar-refractivity contribution in [3.63, 3.8) is 0 Å². The summed E-state index contributed by atoms with van der Waals surface area (Å²) in [6.07, 6.45) is 11.3. The van der Waals surface area contributed by atoms with Gasteiger partial charge < -0.3 is 0 Å². The quantitative estimate of drug-likeness (QED) is 0.517. The Morgan fingerprint density at radius 1 is 1.10 bits per heavy atom. The Hall–Kier alpha value is -0.170. The molecule has 3 rings (SSSR count). The topological polar surface area (TPSA) is 0 Å². The Morgan fingerprint density at radius 2 is 1.71 bits per heavy atom. The van der Waals surface area contributed by atoms with Crippen LogP contribution in [0.25, 0.3) is 6.08 Å². The SMILES string of the molecule is CCC1(CC)Cc2cc3c(cc2C1)C(CC(C)C)C=C3.[Hf]. The van der Waals surface area contributed by atoms with Gasteiger partial charge in [0.15, 0.2) is 0 Å². The Bertz CT molecular complexity index is 535. The summed E-state index contributed by atoms with van der Waals surface area (Å²) in [5, 5.41) is 0. The van der Waals surface area contributed by atoms with E-state index in [0.717, 1.165) is 5.92 Å². The second-order valence-corrected chi connectivity index (χ2v) is 7.41. The van der Waals surface area contributed by atoms with E-state index in [1.54, 1.807) is 16.7 Å². The van der Waals surface area contributed by atoms with Crippen LogP contribution in [0.4, 0.5) is 0 Å². The van der Waals surface area contributed by atoms with Gasteiger partial charge in [-0.05, 0) is 65.7 Å². The van der Waals surface area contributed by atoms with Crippen molar-refractivity contribution in [1.82, 2.24) is 0 Å². The number of hydrogen-bond donors (Lipinski definition) is 0. The average molecular weight is 447 g/mol. The predicted octanol–water partition coefficient (Wildman–Crippen LogP) is 5.75. The summed E-state index contributed by atoms with van der Waals surface area (Å²) in [5.74, 6) is 1.43. The molecule has 1 heteroatoms. The van der Waals surface area contributed by atoms with E-state index in [9.17, 15) is 0 Å². The van der Waals surface area contributed by atoms with Crippen LogP contribution >= 0.6 is 0 Å². The summed E-state index contributed by atoms with van der Waals surface area (Å²) < 4.78 is 0. The fourth-order valence-electron chi connectivity index (χ4n) is 4.18. The molecule has 0 bridgehead atoms. The summed E-state index contributed by atoms with van der Waals surface area (Å²) >= 11 is 0. The zero-order valence-electron chi connectivity index (χ0n) is 14.0. The molecule has 0 fully saturated rings. The molecule has 0 radical (unpaired) electrons. The number of fused-ring (bicyclic) bond motifs is 2. The maximum atomic E-state index is 2.55. The number of rotatable bonds is 4. The number of allylic oxidation sites excluding steroid dienone is 1. The van der Waals surface area contributed by atoms with Crippen molar-refractivity contribution in [3.05, 3.63) is 40.5 Å². The van der Waals surface area contributed by atoms with Crippen molar-refractivity contribution >= 4 is 6.08 Å². The van der Waals surface area contributed by atoms with E-state index < -0.39 is 0 Å². The summed E-state index contributed by atoms with van der Waals surface area (Å²) in [6, 6.07) is 5.04. The molecule has 0 N–H and O–H groups in total. The van der Waals surface area contributed by atoms with Gasteiger partial charge in [-0.2, -0.15) is 0 Å². The molecule has 0 heterocycles. The molecule has 0 nitrogen and oxygen atoms in total. The van der Waals surface area contributed by atoms with Crippen LogP contribution in [0.3, 0.4) is 0 Å². The maximum absolute atomic E-state index is 2.55. The van der Waals surface area contributed by atoms with Crippen molar-refractivity contribution in [2.24, 2.45) is 11.3 Å². The first-order valence-corrected chi connectivity index (χ1v) is 8.41. The Kier molecular flexibility index (Phi) is 5.34. The van der Waals surface area contributed by atoms with Crippen molar-refractivity contribution in [2.75, 3.05) is 0 Å². The van der Waals surface area contributed by atoms with E-state index in [-0.39, 0.29) is 25.8 Å². The monoisotopic (exact) mass is 448 g/mol. The minimum atomic E-state index is 0. The standard InChI is InChI=1S/C20H28.Hf/c1-5-20(6-2)12-17-10-16-8-7-15(9-14(3)4)19(16)11-18(17)13-20;/h7-8,10-11,14-15H,5-6,9,12-13H2,1-4H3;. The second-order valence-electron chi connectivity index (χ2n) is 7.41. The second kappa shape index (κ2) is 6.52. The third kappa shape index (κ3) is 3.14. The molecule has 1 atom stereocenters. The van der Waals surface area contributed by atoms with Crippen LogP contribution in [0.5, 0.6) is 0 Å². The molecular weight excluding hydrogens is 419 g/mol. The van der Waals surface area contributed by atoms with E-state index in [2.05, 4.69) is 52.0 Å². The first kappa shape index (κ1) is 17.2. The molecule has 0 aromatic heterocycles. The molecule has 1 aromatic carbocycles. The van der Waals surface area contributed by atoms with Gasteiger partial charge in [0, 0.05) is 31.8 Å². The number of benzene rings is 1. The van der Waals surface area contributed by atoms with Gasteiger partial charge in [-0.15, -0.1) is 0 Å². The Balaban J connectivity index is 0.00000161. The molecule has 0 amide bonds. The molecule has 2 aliphatic rings. The molecular formula is C20H28Hf. The predicted molar refractivity (Wildman–Crippen MR) is 88.1 cm³/mol. The van der Waals surface area contributed by atoms with E-state index in [1.165, 1.54) is 37.7 Å². The van der Waals surface area contributed by atoms with Crippen LogP contribution in [0, 0.1) is 11.3 Å². The van der Waals surface area contributed by atoms with Crippen molar-refractivity contribution in [1.29, 1.82) is 0 Å². The van der Waals surface area contributed by atoms with Gasteiger partial charge in [-0.25, -0.2) is 0 Å². The van der Waals surface area contributed by atoms with Crippen LogP contribution < -0.4 is 0 Å². The first-order chi connectivity index (χ1) is 9.57. The van der Waals surface area contributed by atoms with Crippen LogP contribution in [-0.2, 0) is 38.7 Å². The fourth-order valence-corrected chi connectivity index (χ4v) is 4.18. The van der Waals surface area contributed by atoms with Crippen molar-refractivity contribution in [2.45, 2.75) is 65.7 Å². The Labute approximate surface area is 149 Å². The third-order valence-corrected chi connectivity index (χ3v) is 5.67. The van der Waals surface area contributed by atoms with Gasteiger partial charge in [0.2, 0.25) is 0 Å². The molecule has 2 aliphatic carbocycles. The van der Waals surface area contributed by atoms with Crippen LogP contribution in [0.1, 0.15) is 75.1 Å². The summed E-state index contributed by atoms with van der Waals surface area (Å²) in [5.41, 5.74) is 6.92. The van der Waals surface area contributed by atoms with Gasteiger partial charge >= 0.3 is 0 Å². The van der Waals surface area contributed by atoms with Gasteiger partial charge in [-0.1, -0.05) is 52.0 Å². The largest absolute Gasteiger partial charge is 0.0764 e. The van der Waals surface area contributed by atoms with E-state index in [0.29, 0.717) is 11.3 Å². The summed E-state index contributed by atoms with van der Waals surface area (Å²) in [7, 11) is 0. The minimum Gasteiger partial charge on any atom is -0.0764 e. The van der Waals surface area contributed by atoms with Crippen LogP contribution in [0.15, 0.2) is 18.2 Å². The molecule has 1 aromatic rings. The number of hydrogen-bond acceptors (Lipinski definition) is 0. The van der Waals surface area contributed by atoms with Crippen LogP contribution in [-0.4, -0.2) is 0 Å².